The van der Waals surface area contributed by atoms with Crippen LogP contribution in [0.3, 0.4) is 0 Å². The SMILES string of the molecule is CC(NC(=O)C(NC(=O)c1n[nH]c2ccccc12)C1CCNCC1)c1ccccc1. The molecule has 0 aliphatic carbocycles. The van der Waals surface area contributed by atoms with Crippen LogP contribution < -0.4 is 16.0 Å². The van der Waals surface area contributed by atoms with Crippen LogP contribution in [-0.4, -0.2) is 41.1 Å². The Balaban J connectivity index is 1.53. The van der Waals surface area contributed by atoms with Gasteiger partial charge in [-0.15, -0.1) is 0 Å². The Morgan fingerprint density at radius 2 is 1.70 bits per heavy atom. The quantitative estimate of drug-likeness (QED) is 0.506. The highest BCUT2D eigenvalue weighted by Crippen LogP contribution is 2.20. The smallest absolute Gasteiger partial charge is 0.273 e. The average molecular weight is 406 g/mol. The van der Waals surface area contributed by atoms with Gasteiger partial charge in [0.2, 0.25) is 5.91 Å². The van der Waals surface area contributed by atoms with E-state index in [0.717, 1.165) is 42.4 Å². The zero-order valence-electron chi connectivity index (χ0n) is 17.0. The summed E-state index contributed by atoms with van der Waals surface area (Å²) in [6.07, 6.45) is 1.67. The zero-order valence-corrected chi connectivity index (χ0v) is 17.0. The van der Waals surface area contributed by atoms with Crippen LogP contribution in [0, 0.1) is 5.92 Å². The van der Waals surface area contributed by atoms with Crippen molar-refractivity contribution in [3.63, 3.8) is 0 Å². The lowest BCUT2D eigenvalue weighted by Crippen LogP contribution is -2.53. The third-order valence-electron chi connectivity index (χ3n) is 5.77. The first kappa shape index (κ1) is 20.1. The van der Waals surface area contributed by atoms with E-state index < -0.39 is 6.04 Å². The van der Waals surface area contributed by atoms with Crippen molar-refractivity contribution in [2.75, 3.05) is 13.1 Å². The molecule has 7 heteroatoms. The number of carbonyl (C=O) groups is 2. The van der Waals surface area contributed by atoms with Crippen molar-refractivity contribution in [3.05, 3.63) is 65.9 Å². The zero-order chi connectivity index (χ0) is 20.9. The first-order chi connectivity index (χ1) is 14.6. The van der Waals surface area contributed by atoms with E-state index in [1.54, 1.807) is 0 Å². The molecule has 1 aromatic heterocycles. The topological polar surface area (TPSA) is 98.9 Å². The van der Waals surface area contributed by atoms with E-state index in [1.165, 1.54) is 0 Å². The minimum absolute atomic E-state index is 0.0726. The number of aromatic amines is 1. The molecule has 156 valence electrons. The molecule has 7 nitrogen and oxygen atoms in total. The van der Waals surface area contributed by atoms with E-state index in [4.69, 9.17) is 0 Å². The molecule has 0 spiro atoms. The molecule has 0 radical (unpaired) electrons. The summed E-state index contributed by atoms with van der Waals surface area (Å²) in [7, 11) is 0. The largest absolute Gasteiger partial charge is 0.348 e. The molecular weight excluding hydrogens is 378 g/mol. The number of H-pyrrole nitrogens is 1. The maximum atomic E-state index is 13.2. The molecule has 0 saturated carbocycles. The second-order valence-electron chi connectivity index (χ2n) is 7.80. The van der Waals surface area contributed by atoms with E-state index in [0.29, 0.717) is 5.69 Å². The Morgan fingerprint density at radius 3 is 2.47 bits per heavy atom. The number of fused-ring (bicyclic) bond motifs is 1. The number of para-hydroxylation sites is 1. The van der Waals surface area contributed by atoms with Gasteiger partial charge in [0.1, 0.15) is 6.04 Å². The maximum absolute atomic E-state index is 13.2. The van der Waals surface area contributed by atoms with Crippen molar-refractivity contribution in [3.8, 4) is 0 Å². The molecule has 0 bridgehead atoms. The number of hydrogen-bond donors (Lipinski definition) is 4. The fraction of sp³-hybridized carbons (Fsp3) is 0.348. The Labute approximate surface area is 175 Å². The van der Waals surface area contributed by atoms with Crippen LogP contribution in [0.1, 0.15) is 41.9 Å². The van der Waals surface area contributed by atoms with Crippen LogP contribution in [0.25, 0.3) is 10.9 Å². The van der Waals surface area contributed by atoms with Crippen molar-refractivity contribution in [1.82, 2.24) is 26.1 Å². The van der Waals surface area contributed by atoms with Crippen LogP contribution in [0.15, 0.2) is 54.6 Å². The number of piperidine rings is 1. The molecule has 30 heavy (non-hydrogen) atoms. The Kier molecular flexibility index (Phi) is 6.09. The highest BCUT2D eigenvalue weighted by atomic mass is 16.2. The van der Waals surface area contributed by atoms with Crippen LogP contribution >= 0.6 is 0 Å². The number of carbonyl (C=O) groups excluding carboxylic acids is 2. The van der Waals surface area contributed by atoms with Gasteiger partial charge in [0.05, 0.1) is 11.6 Å². The summed E-state index contributed by atoms with van der Waals surface area (Å²) in [5.41, 5.74) is 2.14. The van der Waals surface area contributed by atoms with Crippen LogP contribution in [0.4, 0.5) is 0 Å². The lowest BCUT2D eigenvalue weighted by Gasteiger charge is -2.31. The van der Waals surface area contributed by atoms with Gasteiger partial charge in [0, 0.05) is 5.39 Å². The lowest BCUT2D eigenvalue weighted by molar-refractivity contribution is -0.125. The molecule has 2 unspecified atom stereocenters. The van der Waals surface area contributed by atoms with Crippen molar-refractivity contribution >= 4 is 22.7 Å². The van der Waals surface area contributed by atoms with Gasteiger partial charge >= 0.3 is 0 Å². The molecule has 2 heterocycles. The van der Waals surface area contributed by atoms with Gasteiger partial charge in [0.15, 0.2) is 5.69 Å². The molecule has 2 atom stereocenters. The molecule has 3 aromatic rings. The van der Waals surface area contributed by atoms with Gasteiger partial charge in [-0.1, -0.05) is 48.5 Å². The Hall–Kier alpha value is -3.19. The fourth-order valence-electron chi connectivity index (χ4n) is 4.05. The molecule has 2 amide bonds. The van der Waals surface area contributed by atoms with Gasteiger partial charge in [-0.25, -0.2) is 0 Å². The summed E-state index contributed by atoms with van der Waals surface area (Å²) < 4.78 is 0. The Bertz CT molecular complexity index is 1010. The molecule has 1 aliphatic rings. The number of benzene rings is 2. The van der Waals surface area contributed by atoms with E-state index in [-0.39, 0.29) is 23.8 Å². The second kappa shape index (κ2) is 9.09. The summed E-state index contributed by atoms with van der Waals surface area (Å²) in [5, 5.41) is 17.2. The monoisotopic (exact) mass is 405 g/mol. The number of aromatic nitrogens is 2. The van der Waals surface area contributed by atoms with Crippen molar-refractivity contribution in [1.29, 1.82) is 0 Å². The number of nitrogens with one attached hydrogen (secondary N) is 4. The highest BCUT2D eigenvalue weighted by molar-refractivity contribution is 6.06. The molecular formula is C23H27N5O2. The van der Waals surface area contributed by atoms with Gasteiger partial charge < -0.3 is 16.0 Å². The van der Waals surface area contributed by atoms with E-state index in [9.17, 15) is 9.59 Å². The average Bonchev–Trinajstić information content (AvgIpc) is 3.23. The first-order valence-electron chi connectivity index (χ1n) is 10.4. The van der Waals surface area contributed by atoms with E-state index in [2.05, 4.69) is 26.1 Å². The standard InChI is InChI=1S/C23H27N5O2/c1-15(16-7-3-2-4-8-16)25-22(29)20(17-11-13-24-14-12-17)26-23(30)21-18-9-5-6-10-19(18)27-28-21/h2-10,15,17,20,24H,11-14H2,1H3,(H,25,29)(H,26,30)(H,27,28). The van der Waals surface area contributed by atoms with Crippen LogP contribution in [0.2, 0.25) is 0 Å². The fourth-order valence-corrected chi connectivity index (χ4v) is 4.05. The minimum Gasteiger partial charge on any atom is -0.348 e. The van der Waals surface area contributed by atoms with Crippen LogP contribution in [-0.2, 0) is 4.79 Å². The predicted molar refractivity (Wildman–Crippen MR) is 116 cm³/mol. The van der Waals surface area contributed by atoms with E-state index in [1.807, 2.05) is 61.5 Å². The second-order valence-corrected chi connectivity index (χ2v) is 7.80. The third-order valence-corrected chi connectivity index (χ3v) is 5.77. The van der Waals surface area contributed by atoms with Gasteiger partial charge in [0.25, 0.3) is 5.91 Å². The normalized spacial score (nSPS) is 16.7. The first-order valence-corrected chi connectivity index (χ1v) is 10.4. The summed E-state index contributed by atoms with van der Waals surface area (Å²) in [6.45, 7) is 3.63. The van der Waals surface area contributed by atoms with E-state index >= 15 is 0 Å². The number of nitrogens with zero attached hydrogens (tertiary/aromatic N) is 1. The number of hydrogen-bond acceptors (Lipinski definition) is 4. The molecule has 4 N–H and O–H groups in total. The van der Waals surface area contributed by atoms with Crippen LogP contribution in [0.5, 0.6) is 0 Å². The summed E-state index contributed by atoms with van der Waals surface area (Å²) in [5.74, 6) is -0.423. The molecule has 2 aromatic carbocycles. The summed E-state index contributed by atoms with van der Waals surface area (Å²) in [6, 6.07) is 16.5. The summed E-state index contributed by atoms with van der Waals surface area (Å²) >= 11 is 0. The van der Waals surface area contributed by atoms with Crippen molar-refractivity contribution < 1.29 is 9.59 Å². The number of rotatable bonds is 6. The van der Waals surface area contributed by atoms with Gasteiger partial charge in [-0.2, -0.15) is 5.10 Å². The molecule has 1 fully saturated rings. The molecule has 1 aliphatic heterocycles. The number of amides is 2. The van der Waals surface area contributed by atoms with Gasteiger partial charge in [-0.3, -0.25) is 14.7 Å². The Morgan fingerprint density at radius 1 is 1.00 bits per heavy atom. The molecule has 4 rings (SSSR count). The summed E-state index contributed by atoms with van der Waals surface area (Å²) in [4.78, 5) is 26.3. The third kappa shape index (κ3) is 4.36. The minimum atomic E-state index is -0.610. The van der Waals surface area contributed by atoms with Crippen molar-refractivity contribution in [2.45, 2.75) is 31.8 Å². The predicted octanol–water partition coefficient (Wildman–Crippen LogP) is 2.54. The molecule has 1 saturated heterocycles. The van der Waals surface area contributed by atoms with Gasteiger partial charge in [-0.05, 0) is 50.4 Å². The highest BCUT2D eigenvalue weighted by Gasteiger charge is 2.32. The maximum Gasteiger partial charge on any atom is 0.273 e. The van der Waals surface area contributed by atoms with Crippen molar-refractivity contribution in [2.24, 2.45) is 5.92 Å². The lowest BCUT2D eigenvalue weighted by atomic mass is 9.89.